The van der Waals surface area contributed by atoms with Gasteiger partial charge in [0.2, 0.25) is 0 Å². The van der Waals surface area contributed by atoms with E-state index >= 15 is 0 Å². The molecule has 1 rings (SSSR count). The molecule has 1 aromatic carbocycles. The van der Waals surface area contributed by atoms with Gasteiger partial charge in [0, 0.05) is 5.92 Å². The van der Waals surface area contributed by atoms with Gasteiger partial charge in [-0.05, 0) is 37.5 Å². The minimum Gasteiger partial charge on any atom is -0.119 e. The summed E-state index contributed by atoms with van der Waals surface area (Å²) in [4.78, 5) is 0. The Kier molecular flexibility index (Phi) is 2.55. The van der Waals surface area contributed by atoms with Crippen molar-refractivity contribution < 1.29 is 0 Å². The first-order valence-corrected chi connectivity index (χ1v) is 4.19. The van der Waals surface area contributed by atoms with Crippen LogP contribution >= 0.6 is 0 Å². The van der Waals surface area contributed by atoms with E-state index in [1.807, 2.05) is 0 Å². The molecule has 1 atom stereocenters. The Morgan fingerprint density at radius 2 is 2.00 bits per heavy atom. The van der Waals surface area contributed by atoms with Gasteiger partial charge in [0.15, 0.2) is 0 Å². The molecule has 0 heteroatoms. The van der Waals surface area contributed by atoms with Crippen LogP contribution in [-0.2, 0) is 0 Å². The monoisotopic (exact) mass is 158 g/mol. The van der Waals surface area contributed by atoms with E-state index in [-0.39, 0.29) is 5.92 Å². The maximum absolute atomic E-state index is 5.37. The van der Waals surface area contributed by atoms with Crippen LogP contribution in [0.3, 0.4) is 0 Å². The minimum absolute atomic E-state index is 0.227. The predicted molar refractivity (Wildman–Crippen MR) is 53.2 cm³/mol. The number of rotatable bonds is 1. The molecule has 0 bridgehead atoms. The number of terminal acetylenes is 1. The largest absolute Gasteiger partial charge is 0.119 e. The first-order valence-electron chi connectivity index (χ1n) is 4.19. The number of aryl methyl sites for hydroxylation is 1. The Labute approximate surface area is 74.6 Å². The van der Waals surface area contributed by atoms with Crippen LogP contribution in [0.5, 0.6) is 0 Å². The zero-order chi connectivity index (χ0) is 9.14. The van der Waals surface area contributed by atoms with Gasteiger partial charge in [-0.15, -0.1) is 6.42 Å². The smallest absolute Gasteiger partial charge is 0.0424 e. The van der Waals surface area contributed by atoms with Gasteiger partial charge < -0.3 is 0 Å². The first kappa shape index (κ1) is 8.87. The van der Waals surface area contributed by atoms with Gasteiger partial charge in [0.05, 0.1) is 0 Å². The van der Waals surface area contributed by atoms with Crippen LogP contribution in [0.15, 0.2) is 18.2 Å². The van der Waals surface area contributed by atoms with Crippen molar-refractivity contribution in [3.8, 4) is 12.3 Å². The zero-order valence-corrected chi connectivity index (χ0v) is 7.89. The average molecular weight is 158 g/mol. The fourth-order valence-corrected chi connectivity index (χ4v) is 1.33. The molecule has 0 fully saturated rings. The highest BCUT2D eigenvalue weighted by molar-refractivity contribution is 5.38. The number of hydrogen-bond donors (Lipinski definition) is 0. The lowest BCUT2D eigenvalue weighted by Gasteiger charge is -2.10. The molecule has 0 saturated carbocycles. The summed E-state index contributed by atoms with van der Waals surface area (Å²) in [5, 5.41) is 0. The molecule has 0 aromatic heterocycles. The maximum Gasteiger partial charge on any atom is 0.0424 e. The van der Waals surface area contributed by atoms with Crippen molar-refractivity contribution in [1.29, 1.82) is 0 Å². The van der Waals surface area contributed by atoms with Gasteiger partial charge in [-0.3, -0.25) is 0 Å². The van der Waals surface area contributed by atoms with Crippen molar-refractivity contribution in [1.82, 2.24) is 0 Å². The van der Waals surface area contributed by atoms with E-state index < -0.39 is 0 Å². The molecule has 0 saturated heterocycles. The standard InChI is InChI=1S/C12H14/c1-5-9(2)12-8-6-7-10(3)11(12)4/h1,6-9H,2-4H3. The van der Waals surface area contributed by atoms with E-state index in [2.05, 4.69) is 44.9 Å². The van der Waals surface area contributed by atoms with Crippen molar-refractivity contribution in [2.75, 3.05) is 0 Å². The molecule has 12 heavy (non-hydrogen) atoms. The van der Waals surface area contributed by atoms with Crippen molar-refractivity contribution in [2.45, 2.75) is 26.7 Å². The molecule has 0 amide bonds. The molecule has 1 unspecified atom stereocenters. The zero-order valence-electron chi connectivity index (χ0n) is 7.89. The molecule has 0 radical (unpaired) electrons. The summed E-state index contributed by atoms with van der Waals surface area (Å²) < 4.78 is 0. The average Bonchev–Trinajstić information content (AvgIpc) is 2.08. The molecule has 0 spiro atoms. The van der Waals surface area contributed by atoms with Crippen LogP contribution in [-0.4, -0.2) is 0 Å². The van der Waals surface area contributed by atoms with Gasteiger partial charge in [0.1, 0.15) is 0 Å². The lowest BCUT2D eigenvalue weighted by molar-refractivity contribution is 0.982. The third-order valence-corrected chi connectivity index (χ3v) is 2.36. The Morgan fingerprint density at radius 3 is 2.58 bits per heavy atom. The van der Waals surface area contributed by atoms with Crippen molar-refractivity contribution in [3.05, 3.63) is 34.9 Å². The maximum atomic E-state index is 5.37. The van der Waals surface area contributed by atoms with E-state index in [9.17, 15) is 0 Å². The molecule has 1 aromatic rings. The summed E-state index contributed by atoms with van der Waals surface area (Å²) in [6.45, 7) is 6.29. The molecule has 0 aliphatic rings. The molecule has 0 heterocycles. The van der Waals surface area contributed by atoms with Crippen molar-refractivity contribution >= 4 is 0 Å². The summed E-state index contributed by atoms with van der Waals surface area (Å²) in [7, 11) is 0. The Hall–Kier alpha value is -1.22. The first-order chi connectivity index (χ1) is 5.66. The van der Waals surface area contributed by atoms with Crippen LogP contribution in [0.25, 0.3) is 0 Å². The lowest BCUT2D eigenvalue weighted by atomic mass is 9.94. The minimum atomic E-state index is 0.227. The molecular weight excluding hydrogens is 144 g/mol. The highest BCUT2D eigenvalue weighted by Gasteiger charge is 2.05. The molecular formula is C12H14. The van der Waals surface area contributed by atoms with E-state index in [0.29, 0.717) is 0 Å². The second-order valence-corrected chi connectivity index (χ2v) is 3.18. The Morgan fingerprint density at radius 1 is 1.33 bits per heavy atom. The highest BCUT2D eigenvalue weighted by Crippen LogP contribution is 2.20. The highest BCUT2D eigenvalue weighted by atomic mass is 14.1. The normalized spacial score (nSPS) is 12.2. The van der Waals surface area contributed by atoms with Crippen LogP contribution in [0.2, 0.25) is 0 Å². The quantitative estimate of drug-likeness (QED) is 0.551. The SMILES string of the molecule is C#CC(C)c1cccc(C)c1C. The fourth-order valence-electron chi connectivity index (χ4n) is 1.33. The van der Waals surface area contributed by atoms with Crippen LogP contribution in [0, 0.1) is 26.2 Å². The fraction of sp³-hybridized carbons (Fsp3) is 0.333. The van der Waals surface area contributed by atoms with Crippen LogP contribution < -0.4 is 0 Å². The van der Waals surface area contributed by atoms with Gasteiger partial charge in [-0.1, -0.05) is 24.1 Å². The van der Waals surface area contributed by atoms with Crippen LogP contribution in [0.4, 0.5) is 0 Å². The van der Waals surface area contributed by atoms with E-state index in [1.165, 1.54) is 16.7 Å². The molecule has 0 aliphatic carbocycles. The molecule has 0 nitrogen and oxygen atoms in total. The summed E-state index contributed by atoms with van der Waals surface area (Å²) in [6.07, 6.45) is 5.37. The van der Waals surface area contributed by atoms with E-state index in [4.69, 9.17) is 6.42 Å². The molecule has 0 N–H and O–H groups in total. The predicted octanol–water partition coefficient (Wildman–Crippen LogP) is 3.04. The van der Waals surface area contributed by atoms with Crippen molar-refractivity contribution in [2.24, 2.45) is 0 Å². The summed E-state index contributed by atoms with van der Waals surface area (Å²) in [5.41, 5.74) is 3.91. The van der Waals surface area contributed by atoms with Gasteiger partial charge >= 0.3 is 0 Å². The van der Waals surface area contributed by atoms with E-state index in [1.54, 1.807) is 0 Å². The topological polar surface area (TPSA) is 0 Å². The lowest BCUT2D eigenvalue weighted by Crippen LogP contribution is -1.95. The number of benzene rings is 1. The Balaban J connectivity index is 3.18. The Bertz CT molecular complexity index is 315. The molecule has 62 valence electrons. The summed E-state index contributed by atoms with van der Waals surface area (Å²) in [6, 6.07) is 6.28. The van der Waals surface area contributed by atoms with Crippen LogP contribution in [0.1, 0.15) is 29.5 Å². The summed E-state index contributed by atoms with van der Waals surface area (Å²) in [5.74, 6) is 2.98. The van der Waals surface area contributed by atoms with Crippen molar-refractivity contribution in [3.63, 3.8) is 0 Å². The second kappa shape index (κ2) is 3.45. The summed E-state index contributed by atoms with van der Waals surface area (Å²) >= 11 is 0. The third kappa shape index (κ3) is 1.51. The van der Waals surface area contributed by atoms with Gasteiger partial charge in [-0.2, -0.15) is 0 Å². The third-order valence-electron chi connectivity index (χ3n) is 2.36. The molecule has 0 aliphatic heterocycles. The second-order valence-electron chi connectivity index (χ2n) is 3.18. The number of hydrogen-bond acceptors (Lipinski definition) is 0. The van der Waals surface area contributed by atoms with Gasteiger partial charge in [0.25, 0.3) is 0 Å². The van der Waals surface area contributed by atoms with E-state index in [0.717, 1.165) is 0 Å². The van der Waals surface area contributed by atoms with Gasteiger partial charge in [-0.25, -0.2) is 0 Å².